The molecule has 1 aromatic carbocycles. The van der Waals surface area contributed by atoms with E-state index < -0.39 is 11.8 Å². The number of hydrogen-bond acceptors (Lipinski definition) is 5. The van der Waals surface area contributed by atoms with Gasteiger partial charge in [-0.2, -0.15) is 0 Å². The summed E-state index contributed by atoms with van der Waals surface area (Å²) in [5.74, 6) is 0.0813. The zero-order valence-electron chi connectivity index (χ0n) is 16.4. The number of rotatable bonds is 3. The third kappa shape index (κ3) is 5.13. The van der Waals surface area contributed by atoms with E-state index in [1.165, 1.54) is 0 Å². The molecule has 3 rings (SSSR count). The summed E-state index contributed by atoms with van der Waals surface area (Å²) in [5.41, 5.74) is -0.201. The molecule has 27 heavy (non-hydrogen) atoms. The van der Waals surface area contributed by atoms with E-state index in [4.69, 9.17) is 9.47 Å². The quantitative estimate of drug-likeness (QED) is 0.695. The van der Waals surface area contributed by atoms with Crippen molar-refractivity contribution in [3.63, 3.8) is 0 Å². The number of nitrogens with one attached hydrogen (secondary N) is 3. The first kappa shape index (κ1) is 19.5. The molecule has 2 aliphatic heterocycles. The fourth-order valence-electron chi connectivity index (χ4n) is 4.13. The third-order valence-corrected chi connectivity index (χ3v) is 4.79. The van der Waals surface area contributed by atoms with E-state index in [0.29, 0.717) is 18.1 Å². The molecule has 0 bridgehead atoms. The lowest BCUT2D eigenvalue weighted by molar-refractivity contribution is -0.140. The molecule has 1 fully saturated rings. The SMILES string of the molecule is CC1(C)CC(NC(=O)C(=O)NCC2COc3ccccc3O2)CC(C)(C)N1. The van der Waals surface area contributed by atoms with Gasteiger partial charge < -0.3 is 25.4 Å². The Hall–Kier alpha value is -2.28. The summed E-state index contributed by atoms with van der Waals surface area (Å²) in [7, 11) is 0. The van der Waals surface area contributed by atoms with Crippen LogP contribution in [-0.2, 0) is 9.59 Å². The molecule has 0 spiro atoms. The zero-order chi connectivity index (χ0) is 19.7. The van der Waals surface area contributed by atoms with Crippen LogP contribution in [0.1, 0.15) is 40.5 Å². The van der Waals surface area contributed by atoms with Crippen molar-refractivity contribution in [2.24, 2.45) is 0 Å². The van der Waals surface area contributed by atoms with Crippen molar-refractivity contribution in [3.8, 4) is 11.5 Å². The lowest BCUT2D eigenvalue weighted by atomic mass is 9.79. The Kier molecular flexibility index (Phi) is 5.33. The van der Waals surface area contributed by atoms with Gasteiger partial charge in [0.15, 0.2) is 11.5 Å². The highest BCUT2D eigenvalue weighted by molar-refractivity contribution is 6.35. The van der Waals surface area contributed by atoms with Crippen LogP contribution in [0.3, 0.4) is 0 Å². The van der Waals surface area contributed by atoms with Crippen molar-refractivity contribution in [1.82, 2.24) is 16.0 Å². The molecule has 0 radical (unpaired) electrons. The molecule has 2 aliphatic rings. The first-order chi connectivity index (χ1) is 12.6. The molecule has 0 aromatic heterocycles. The molecule has 1 aromatic rings. The molecule has 1 atom stereocenters. The van der Waals surface area contributed by atoms with Crippen molar-refractivity contribution in [2.45, 2.75) is 63.8 Å². The number of amides is 2. The van der Waals surface area contributed by atoms with Crippen LogP contribution in [0.25, 0.3) is 0 Å². The Bertz CT molecular complexity index is 701. The molecule has 3 N–H and O–H groups in total. The Morgan fingerprint density at radius 3 is 2.37 bits per heavy atom. The van der Waals surface area contributed by atoms with Crippen LogP contribution in [0.5, 0.6) is 11.5 Å². The molecule has 148 valence electrons. The minimum Gasteiger partial charge on any atom is -0.486 e. The minimum absolute atomic E-state index is 0.0457. The van der Waals surface area contributed by atoms with Gasteiger partial charge in [-0.15, -0.1) is 0 Å². The predicted octanol–water partition coefficient (Wildman–Crippen LogP) is 1.37. The first-order valence-corrected chi connectivity index (χ1v) is 9.40. The van der Waals surface area contributed by atoms with E-state index in [1.54, 1.807) is 0 Å². The highest BCUT2D eigenvalue weighted by Gasteiger charge is 2.38. The van der Waals surface area contributed by atoms with E-state index in [1.807, 2.05) is 24.3 Å². The second kappa shape index (κ2) is 7.38. The lowest BCUT2D eigenvalue weighted by Crippen LogP contribution is -2.63. The molecule has 0 saturated carbocycles. The van der Waals surface area contributed by atoms with Crippen LogP contribution in [-0.4, -0.2) is 48.2 Å². The van der Waals surface area contributed by atoms with E-state index in [9.17, 15) is 9.59 Å². The standard InChI is InChI=1S/C20H29N3O4/c1-19(2)9-13(10-20(3,4)23-19)22-18(25)17(24)21-11-14-12-26-15-7-5-6-8-16(15)27-14/h5-8,13-14,23H,9-12H2,1-4H3,(H,21,24)(H,22,25). The van der Waals surface area contributed by atoms with Gasteiger partial charge >= 0.3 is 11.8 Å². The Morgan fingerprint density at radius 1 is 1.07 bits per heavy atom. The first-order valence-electron chi connectivity index (χ1n) is 9.40. The molecule has 1 saturated heterocycles. The van der Waals surface area contributed by atoms with Gasteiger partial charge in [0, 0.05) is 17.1 Å². The maximum Gasteiger partial charge on any atom is 0.309 e. The highest BCUT2D eigenvalue weighted by Crippen LogP contribution is 2.31. The summed E-state index contributed by atoms with van der Waals surface area (Å²) < 4.78 is 11.4. The smallest absolute Gasteiger partial charge is 0.309 e. The monoisotopic (exact) mass is 375 g/mol. The molecule has 2 heterocycles. The van der Waals surface area contributed by atoms with Gasteiger partial charge in [0.2, 0.25) is 0 Å². The number of benzene rings is 1. The fraction of sp³-hybridized carbons (Fsp3) is 0.600. The summed E-state index contributed by atoms with van der Waals surface area (Å²) in [6.07, 6.45) is 1.21. The number of para-hydroxylation sites is 2. The van der Waals surface area contributed by atoms with E-state index >= 15 is 0 Å². The van der Waals surface area contributed by atoms with Gasteiger partial charge in [0.25, 0.3) is 0 Å². The Labute approximate surface area is 160 Å². The van der Waals surface area contributed by atoms with E-state index in [-0.39, 0.29) is 29.8 Å². The molecule has 7 heteroatoms. The van der Waals surface area contributed by atoms with Gasteiger partial charge in [0.1, 0.15) is 12.7 Å². The van der Waals surface area contributed by atoms with Crippen LogP contribution in [0.4, 0.5) is 0 Å². The highest BCUT2D eigenvalue weighted by atomic mass is 16.6. The maximum atomic E-state index is 12.3. The summed E-state index contributed by atoms with van der Waals surface area (Å²) in [6, 6.07) is 7.34. The van der Waals surface area contributed by atoms with E-state index in [0.717, 1.165) is 12.8 Å². The predicted molar refractivity (Wildman–Crippen MR) is 102 cm³/mol. The maximum absolute atomic E-state index is 12.3. The number of carbonyl (C=O) groups excluding carboxylic acids is 2. The summed E-state index contributed by atoms with van der Waals surface area (Å²) >= 11 is 0. The van der Waals surface area contributed by atoms with Crippen molar-refractivity contribution >= 4 is 11.8 Å². The number of ether oxygens (including phenoxy) is 2. The van der Waals surface area contributed by atoms with Crippen molar-refractivity contribution in [3.05, 3.63) is 24.3 Å². The Balaban J connectivity index is 1.48. The third-order valence-electron chi connectivity index (χ3n) is 4.79. The van der Waals surface area contributed by atoms with Crippen molar-refractivity contribution in [1.29, 1.82) is 0 Å². The van der Waals surface area contributed by atoms with Gasteiger partial charge in [-0.3, -0.25) is 9.59 Å². The van der Waals surface area contributed by atoms with Gasteiger partial charge in [0.05, 0.1) is 6.54 Å². The van der Waals surface area contributed by atoms with Crippen LogP contribution in [0.2, 0.25) is 0 Å². The summed E-state index contributed by atoms with van der Waals surface area (Å²) in [4.78, 5) is 24.5. The van der Waals surface area contributed by atoms with Crippen LogP contribution < -0.4 is 25.4 Å². The molecule has 0 aliphatic carbocycles. The van der Waals surface area contributed by atoms with Gasteiger partial charge in [-0.05, 0) is 52.7 Å². The summed E-state index contributed by atoms with van der Waals surface area (Å²) in [6.45, 7) is 8.95. The lowest BCUT2D eigenvalue weighted by Gasteiger charge is -2.46. The molecule has 2 amide bonds. The largest absolute Gasteiger partial charge is 0.486 e. The number of hydrogen-bond donors (Lipinski definition) is 3. The van der Waals surface area contributed by atoms with Crippen LogP contribution in [0, 0.1) is 0 Å². The van der Waals surface area contributed by atoms with Crippen molar-refractivity contribution < 1.29 is 19.1 Å². The van der Waals surface area contributed by atoms with Crippen LogP contribution >= 0.6 is 0 Å². The fourth-order valence-corrected chi connectivity index (χ4v) is 4.13. The van der Waals surface area contributed by atoms with Gasteiger partial charge in [-0.25, -0.2) is 0 Å². The number of fused-ring (bicyclic) bond motifs is 1. The van der Waals surface area contributed by atoms with Crippen LogP contribution in [0.15, 0.2) is 24.3 Å². The Morgan fingerprint density at radius 2 is 1.70 bits per heavy atom. The average Bonchev–Trinajstić information content (AvgIpc) is 2.56. The topological polar surface area (TPSA) is 88.7 Å². The zero-order valence-corrected chi connectivity index (χ0v) is 16.4. The molecule has 1 unspecified atom stereocenters. The van der Waals surface area contributed by atoms with E-state index in [2.05, 4.69) is 43.6 Å². The minimum atomic E-state index is -0.647. The molecule has 7 nitrogen and oxygen atoms in total. The number of piperidine rings is 1. The second-order valence-corrected chi connectivity index (χ2v) is 8.68. The average molecular weight is 375 g/mol. The normalized spacial score (nSPS) is 23.3. The van der Waals surface area contributed by atoms with Crippen molar-refractivity contribution in [2.75, 3.05) is 13.2 Å². The number of carbonyl (C=O) groups is 2. The van der Waals surface area contributed by atoms with Gasteiger partial charge in [-0.1, -0.05) is 12.1 Å². The summed E-state index contributed by atoms with van der Waals surface area (Å²) in [5, 5.41) is 9.07. The molecular weight excluding hydrogens is 346 g/mol. The second-order valence-electron chi connectivity index (χ2n) is 8.68. The molecular formula is C20H29N3O4.